The Kier molecular flexibility index (Phi) is 22.1. The van der Waals surface area contributed by atoms with E-state index in [1.807, 2.05) is 0 Å². The third-order valence-corrected chi connectivity index (χ3v) is 12.8. The monoisotopic (exact) mass is 500 g/mol. The second-order valence-electron chi connectivity index (χ2n) is 9.03. The molecule has 0 heterocycles. The molecule has 0 bridgehead atoms. The molecule has 0 aromatic heterocycles. The van der Waals surface area contributed by atoms with Gasteiger partial charge in [-0.15, -0.1) is 0 Å². The summed E-state index contributed by atoms with van der Waals surface area (Å²) in [6.45, 7) is 16.3. The van der Waals surface area contributed by atoms with Crippen molar-refractivity contribution in [1.29, 1.82) is 0 Å². The molecule has 0 aliphatic rings. The topological polar surface area (TPSA) is 36.9 Å². The van der Waals surface area contributed by atoms with Gasteiger partial charge in [0.15, 0.2) is 0 Å². The zero-order valence-electron chi connectivity index (χ0n) is 23.0. The molecule has 0 fully saturated rings. The largest absolute Gasteiger partial charge is 0.394 e. The Bertz CT molecular complexity index is 421. The number of hydrogen-bond acceptors (Lipinski definition) is 4. The fourth-order valence-corrected chi connectivity index (χ4v) is 10.3. The summed E-state index contributed by atoms with van der Waals surface area (Å²) in [5.41, 5.74) is 0. The molecule has 6 heteroatoms. The van der Waals surface area contributed by atoms with Gasteiger partial charge in [-0.25, -0.2) is 0 Å². The van der Waals surface area contributed by atoms with Crippen molar-refractivity contribution >= 4 is 17.1 Å². The highest BCUT2D eigenvalue weighted by Gasteiger charge is 2.40. The lowest BCUT2D eigenvalue weighted by Gasteiger charge is -2.33. The summed E-state index contributed by atoms with van der Waals surface area (Å²) in [4.78, 5) is 0. The molecule has 0 amide bonds. The van der Waals surface area contributed by atoms with Crippen molar-refractivity contribution in [3.05, 3.63) is 24.3 Å². The van der Waals surface area contributed by atoms with Crippen LogP contribution in [0, 0.1) is 0 Å². The minimum Gasteiger partial charge on any atom is -0.394 e. The molecule has 0 aromatic carbocycles. The molecule has 0 rings (SSSR count). The molecule has 0 aliphatic heterocycles. The van der Waals surface area contributed by atoms with Crippen molar-refractivity contribution in [2.75, 3.05) is 26.4 Å². The highest BCUT2D eigenvalue weighted by molar-refractivity contribution is 6.69. The summed E-state index contributed by atoms with van der Waals surface area (Å²) in [6.07, 6.45) is 18.9. The zero-order chi connectivity index (χ0) is 24.7. The van der Waals surface area contributed by atoms with Crippen molar-refractivity contribution in [3.63, 3.8) is 0 Å². The van der Waals surface area contributed by atoms with Crippen LogP contribution < -0.4 is 0 Å². The van der Waals surface area contributed by atoms with Gasteiger partial charge in [0.25, 0.3) is 0 Å². The predicted octanol–water partition coefficient (Wildman–Crippen LogP) is 8.68. The van der Waals surface area contributed by atoms with Crippen LogP contribution in [0.15, 0.2) is 24.3 Å². The lowest BCUT2D eigenvalue weighted by Crippen LogP contribution is -2.45. The maximum atomic E-state index is 6.60. The maximum Gasteiger partial charge on any atom is 0.342 e. The number of unbranched alkanes of at least 4 members (excludes halogenated alkanes) is 4. The second kappa shape index (κ2) is 22.2. The Labute approximate surface area is 209 Å². The normalized spacial score (nSPS) is 13.0. The molecule has 196 valence electrons. The van der Waals surface area contributed by atoms with Gasteiger partial charge in [-0.2, -0.15) is 0 Å². The molecular formula is C27H56O4Si2. The van der Waals surface area contributed by atoms with Crippen LogP contribution in [0.5, 0.6) is 0 Å². The van der Waals surface area contributed by atoms with E-state index in [1.54, 1.807) is 0 Å². The Morgan fingerprint density at radius 2 is 0.788 bits per heavy atom. The van der Waals surface area contributed by atoms with Crippen molar-refractivity contribution in [2.24, 2.45) is 0 Å². The van der Waals surface area contributed by atoms with Gasteiger partial charge < -0.3 is 17.7 Å². The van der Waals surface area contributed by atoms with Crippen molar-refractivity contribution in [2.45, 2.75) is 124 Å². The van der Waals surface area contributed by atoms with Gasteiger partial charge in [0.2, 0.25) is 0 Å². The average molecular weight is 501 g/mol. The van der Waals surface area contributed by atoms with E-state index < -0.39 is 17.1 Å². The molecule has 33 heavy (non-hydrogen) atoms. The molecule has 0 radical (unpaired) electrons. The summed E-state index contributed by atoms with van der Waals surface area (Å²) in [6, 6.07) is 3.91. The quantitative estimate of drug-likeness (QED) is 0.0754. The van der Waals surface area contributed by atoms with E-state index in [0.717, 1.165) is 108 Å². The third-order valence-electron chi connectivity index (χ3n) is 5.90. The molecule has 0 unspecified atom stereocenters. The summed E-state index contributed by atoms with van der Waals surface area (Å²) in [5, 5.41) is 0. The molecule has 0 spiro atoms. The van der Waals surface area contributed by atoms with Crippen LogP contribution >= 0.6 is 0 Å². The SMILES string of the molecule is CC=CC[Si](CCC[Si](CC=CC)(OCCCC)OCCCC)(OCCCC)OCCCC. The Morgan fingerprint density at radius 1 is 0.485 bits per heavy atom. The molecule has 0 aromatic rings. The first-order valence-corrected chi connectivity index (χ1v) is 18.3. The predicted molar refractivity (Wildman–Crippen MR) is 148 cm³/mol. The maximum absolute atomic E-state index is 6.60. The van der Waals surface area contributed by atoms with Crippen LogP contribution in [0.1, 0.15) is 99.3 Å². The van der Waals surface area contributed by atoms with Crippen molar-refractivity contribution < 1.29 is 17.7 Å². The number of rotatable bonds is 24. The summed E-state index contributed by atoms with van der Waals surface area (Å²) >= 11 is 0. The fourth-order valence-electron chi connectivity index (χ4n) is 3.64. The van der Waals surface area contributed by atoms with E-state index in [4.69, 9.17) is 17.7 Å². The Balaban J connectivity index is 5.47. The molecular weight excluding hydrogens is 444 g/mol. The van der Waals surface area contributed by atoms with E-state index >= 15 is 0 Å². The molecule has 0 N–H and O–H groups in total. The lowest BCUT2D eigenvalue weighted by atomic mass is 10.4. The van der Waals surface area contributed by atoms with Gasteiger partial charge in [-0.05, 0) is 58.0 Å². The van der Waals surface area contributed by atoms with Crippen LogP contribution in [0.25, 0.3) is 0 Å². The van der Waals surface area contributed by atoms with Gasteiger partial charge in [0.1, 0.15) is 0 Å². The first-order chi connectivity index (χ1) is 16.1. The van der Waals surface area contributed by atoms with Crippen LogP contribution in [-0.4, -0.2) is 43.5 Å². The van der Waals surface area contributed by atoms with E-state index in [1.165, 1.54) is 0 Å². The van der Waals surface area contributed by atoms with E-state index in [9.17, 15) is 0 Å². The van der Waals surface area contributed by atoms with Crippen LogP contribution in [-0.2, 0) is 17.7 Å². The van der Waals surface area contributed by atoms with Gasteiger partial charge in [-0.3, -0.25) is 0 Å². The van der Waals surface area contributed by atoms with Gasteiger partial charge in [0, 0.05) is 38.5 Å². The fraction of sp³-hybridized carbons (Fsp3) is 0.852. The first kappa shape index (κ1) is 32.8. The van der Waals surface area contributed by atoms with Gasteiger partial charge in [-0.1, -0.05) is 77.7 Å². The summed E-state index contributed by atoms with van der Waals surface area (Å²) in [5.74, 6) is 0. The molecule has 4 nitrogen and oxygen atoms in total. The molecule has 0 aliphatic carbocycles. The summed E-state index contributed by atoms with van der Waals surface area (Å²) in [7, 11) is -4.58. The van der Waals surface area contributed by atoms with Gasteiger partial charge in [0.05, 0.1) is 0 Å². The minimum absolute atomic E-state index is 0.813. The summed E-state index contributed by atoms with van der Waals surface area (Å²) < 4.78 is 26.4. The lowest BCUT2D eigenvalue weighted by molar-refractivity contribution is 0.159. The molecule has 0 atom stereocenters. The average Bonchev–Trinajstić information content (AvgIpc) is 2.82. The van der Waals surface area contributed by atoms with E-state index in [-0.39, 0.29) is 0 Å². The van der Waals surface area contributed by atoms with E-state index in [0.29, 0.717) is 0 Å². The Morgan fingerprint density at radius 3 is 1.03 bits per heavy atom. The molecule has 0 saturated carbocycles. The smallest absolute Gasteiger partial charge is 0.342 e. The van der Waals surface area contributed by atoms with Crippen LogP contribution in [0.2, 0.25) is 24.2 Å². The first-order valence-electron chi connectivity index (χ1n) is 13.9. The van der Waals surface area contributed by atoms with Crippen molar-refractivity contribution in [3.8, 4) is 0 Å². The number of hydrogen-bond donors (Lipinski definition) is 0. The molecule has 0 saturated heterocycles. The van der Waals surface area contributed by atoms with Crippen molar-refractivity contribution in [1.82, 2.24) is 0 Å². The number of allylic oxidation sites excluding steroid dienone is 4. The highest BCUT2D eigenvalue weighted by Crippen LogP contribution is 2.30. The van der Waals surface area contributed by atoms with E-state index in [2.05, 4.69) is 65.8 Å². The standard InChI is InChI=1S/C27H56O4Si2/c1-7-13-20-28-32(24-17-11-5,29-21-14-8-2)26-19-27-33(25-18-12-6,30-22-15-9-3)31-23-16-10-4/h11-12,17-18H,7-10,13-16,19-27H2,1-6H3. The zero-order valence-corrected chi connectivity index (χ0v) is 25.0. The minimum atomic E-state index is -2.29. The van der Waals surface area contributed by atoms with Crippen LogP contribution in [0.4, 0.5) is 0 Å². The van der Waals surface area contributed by atoms with Crippen LogP contribution in [0.3, 0.4) is 0 Å². The Hall–Kier alpha value is -0.246. The third kappa shape index (κ3) is 16.1. The highest BCUT2D eigenvalue weighted by atomic mass is 28.4. The van der Waals surface area contributed by atoms with Gasteiger partial charge >= 0.3 is 17.1 Å². The second-order valence-corrected chi connectivity index (χ2v) is 15.6.